The van der Waals surface area contributed by atoms with Crippen LogP contribution in [0.2, 0.25) is 0 Å². The monoisotopic (exact) mass is 258 g/mol. The van der Waals surface area contributed by atoms with E-state index >= 15 is 0 Å². The topological polar surface area (TPSA) is 70.6 Å². The predicted molar refractivity (Wildman–Crippen MR) is 70.4 cm³/mol. The molecule has 1 amide bonds. The molecule has 1 heterocycles. The molecule has 1 aliphatic heterocycles. The molecular weight excluding hydrogens is 232 g/mol. The van der Waals surface area contributed by atoms with Crippen molar-refractivity contribution < 1.29 is 14.6 Å². The minimum Gasteiger partial charge on any atom is -0.386 e. The highest BCUT2D eigenvalue weighted by Gasteiger charge is 2.32. The van der Waals surface area contributed by atoms with Crippen LogP contribution in [0, 0.1) is 0 Å². The number of rotatable bonds is 7. The Morgan fingerprint density at radius 1 is 1.50 bits per heavy atom. The molecule has 106 valence electrons. The zero-order chi connectivity index (χ0) is 13.6. The Bertz CT molecular complexity index is 265. The molecule has 3 unspecified atom stereocenters. The average Bonchev–Trinajstić information content (AvgIpc) is 2.74. The molecule has 1 aliphatic rings. The van der Waals surface area contributed by atoms with Gasteiger partial charge in [-0.2, -0.15) is 0 Å². The Hall–Kier alpha value is -0.650. The molecule has 0 spiro atoms. The second kappa shape index (κ2) is 7.07. The third-order valence-electron chi connectivity index (χ3n) is 3.32. The number of nitrogens with one attached hydrogen (secondary N) is 2. The Morgan fingerprint density at radius 2 is 2.22 bits per heavy atom. The Labute approximate surface area is 109 Å². The average molecular weight is 258 g/mol. The largest absolute Gasteiger partial charge is 0.386 e. The van der Waals surface area contributed by atoms with Crippen molar-refractivity contribution in [2.24, 2.45) is 0 Å². The summed E-state index contributed by atoms with van der Waals surface area (Å²) in [5.74, 6) is -0.0153. The van der Waals surface area contributed by atoms with Crippen molar-refractivity contribution in [2.45, 2.75) is 57.7 Å². The van der Waals surface area contributed by atoms with E-state index in [1.807, 2.05) is 13.8 Å². The third-order valence-corrected chi connectivity index (χ3v) is 3.32. The molecule has 0 aliphatic carbocycles. The van der Waals surface area contributed by atoms with E-state index in [1.165, 1.54) is 0 Å². The van der Waals surface area contributed by atoms with Crippen LogP contribution in [0.4, 0.5) is 0 Å². The minimum absolute atomic E-state index is 0.0153. The van der Waals surface area contributed by atoms with Gasteiger partial charge in [-0.05, 0) is 20.3 Å². The van der Waals surface area contributed by atoms with Gasteiger partial charge in [0.05, 0.1) is 12.6 Å². The van der Waals surface area contributed by atoms with Crippen LogP contribution >= 0.6 is 0 Å². The van der Waals surface area contributed by atoms with E-state index in [9.17, 15) is 9.90 Å². The van der Waals surface area contributed by atoms with E-state index in [1.54, 1.807) is 0 Å². The Kier molecular flexibility index (Phi) is 6.05. The summed E-state index contributed by atoms with van der Waals surface area (Å²) >= 11 is 0. The first-order chi connectivity index (χ1) is 8.47. The summed E-state index contributed by atoms with van der Waals surface area (Å²) in [4.78, 5) is 11.9. The van der Waals surface area contributed by atoms with Crippen molar-refractivity contribution in [3.63, 3.8) is 0 Å². The molecule has 0 bridgehead atoms. The van der Waals surface area contributed by atoms with Crippen molar-refractivity contribution in [2.75, 3.05) is 19.8 Å². The molecule has 0 aromatic carbocycles. The number of hydrogen-bond donors (Lipinski definition) is 3. The summed E-state index contributed by atoms with van der Waals surface area (Å²) in [5, 5.41) is 16.1. The normalized spacial score (nSPS) is 26.9. The van der Waals surface area contributed by atoms with Crippen molar-refractivity contribution in [3.8, 4) is 0 Å². The summed E-state index contributed by atoms with van der Waals surface area (Å²) in [5.41, 5.74) is -0.816. The fourth-order valence-corrected chi connectivity index (χ4v) is 2.04. The highest BCUT2D eigenvalue weighted by atomic mass is 16.5. The van der Waals surface area contributed by atoms with Crippen LogP contribution in [-0.2, 0) is 9.53 Å². The number of ether oxygens (including phenoxy) is 1. The molecule has 3 atom stereocenters. The molecular formula is C13H26N2O3. The van der Waals surface area contributed by atoms with Gasteiger partial charge in [-0.1, -0.05) is 13.3 Å². The molecule has 1 saturated heterocycles. The quantitative estimate of drug-likeness (QED) is 0.619. The molecule has 5 heteroatoms. The summed E-state index contributed by atoms with van der Waals surface area (Å²) < 4.78 is 5.16. The number of hydrogen-bond acceptors (Lipinski definition) is 4. The summed E-state index contributed by atoms with van der Waals surface area (Å²) in [7, 11) is 0. The van der Waals surface area contributed by atoms with E-state index in [2.05, 4.69) is 17.6 Å². The van der Waals surface area contributed by atoms with Crippen molar-refractivity contribution in [1.82, 2.24) is 10.6 Å². The van der Waals surface area contributed by atoms with Gasteiger partial charge in [0.1, 0.15) is 5.60 Å². The Morgan fingerprint density at radius 3 is 2.78 bits per heavy atom. The molecule has 0 aromatic heterocycles. The zero-order valence-electron chi connectivity index (χ0n) is 11.7. The van der Waals surface area contributed by atoms with E-state index in [4.69, 9.17) is 4.74 Å². The fourth-order valence-electron chi connectivity index (χ4n) is 2.04. The van der Waals surface area contributed by atoms with Crippen molar-refractivity contribution >= 4 is 5.91 Å². The highest BCUT2D eigenvalue weighted by molar-refractivity contribution is 5.81. The van der Waals surface area contributed by atoms with Crippen LogP contribution in [0.15, 0.2) is 0 Å². The van der Waals surface area contributed by atoms with Gasteiger partial charge in [0.15, 0.2) is 0 Å². The van der Waals surface area contributed by atoms with Crippen LogP contribution in [0.1, 0.15) is 40.0 Å². The van der Waals surface area contributed by atoms with Crippen molar-refractivity contribution in [3.05, 3.63) is 0 Å². The van der Waals surface area contributed by atoms with E-state index in [0.717, 1.165) is 12.8 Å². The lowest BCUT2D eigenvalue weighted by Gasteiger charge is -2.24. The molecule has 18 heavy (non-hydrogen) atoms. The number of carbonyl (C=O) groups is 1. The second-order valence-electron chi connectivity index (χ2n) is 5.33. The van der Waals surface area contributed by atoms with Crippen LogP contribution in [-0.4, -0.2) is 48.5 Å². The lowest BCUT2D eigenvalue weighted by Crippen LogP contribution is -2.50. The minimum atomic E-state index is -0.816. The van der Waals surface area contributed by atoms with Gasteiger partial charge in [-0.25, -0.2) is 0 Å². The molecule has 5 nitrogen and oxygen atoms in total. The molecule has 3 N–H and O–H groups in total. The first-order valence-corrected chi connectivity index (χ1v) is 6.81. The van der Waals surface area contributed by atoms with Gasteiger partial charge in [0.25, 0.3) is 0 Å². The maximum atomic E-state index is 11.9. The Balaban J connectivity index is 2.27. The summed E-state index contributed by atoms with van der Waals surface area (Å²) in [6, 6.07) is -0.0985. The van der Waals surface area contributed by atoms with Crippen LogP contribution < -0.4 is 10.6 Å². The van der Waals surface area contributed by atoms with Crippen LogP contribution in [0.25, 0.3) is 0 Å². The SMILES string of the molecule is CCCC(C)NC(=O)C(C)NCC1(O)CCOC1. The maximum Gasteiger partial charge on any atom is 0.237 e. The molecule has 1 fully saturated rings. The van der Waals surface area contributed by atoms with Gasteiger partial charge in [0.2, 0.25) is 5.91 Å². The first kappa shape index (κ1) is 15.4. The maximum absolute atomic E-state index is 11.9. The van der Waals surface area contributed by atoms with Crippen LogP contribution in [0.3, 0.4) is 0 Å². The standard InChI is InChI=1S/C13H26N2O3/c1-4-5-10(2)15-12(16)11(3)14-8-13(17)6-7-18-9-13/h10-11,14,17H,4-9H2,1-3H3,(H,15,16). The van der Waals surface area contributed by atoms with E-state index in [-0.39, 0.29) is 18.0 Å². The van der Waals surface area contributed by atoms with Gasteiger partial charge in [-0.15, -0.1) is 0 Å². The number of amides is 1. The first-order valence-electron chi connectivity index (χ1n) is 6.81. The summed E-state index contributed by atoms with van der Waals surface area (Å²) in [6.07, 6.45) is 2.66. The third kappa shape index (κ3) is 4.92. The predicted octanol–water partition coefficient (Wildman–Crippen LogP) is 0.421. The van der Waals surface area contributed by atoms with E-state index < -0.39 is 5.60 Å². The zero-order valence-corrected chi connectivity index (χ0v) is 11.7. The fraction of sp³-hybridized carbons (Fsp3) is 0.923. The molecule has 1 rings (SSSR count). The number of carbonyl (C=O) groups excluding carboxylic acids is 1. The van der Waals surface area contributed by atoms with E-state index in [0.29, 0.717) is 26.2 Å². The van der Waals surface area contributed by atoms with Crippen LogP contribution in [0.5, 0.6) is 0 Å². The van der Waals surface area contributed by atoms with Gasteiger partial charge in [0, 0.05) is 25.6 Å². The summed E-state index contributed by atoms with van der Waals surface area (Å²) in [6.45, 7) is 7.25. The highest BCUT2D eigenvalue weighted by Crippen LogP contribution is 2.17. The van der Waals surface area contributed by atoms with Gasteiger partial charge in [-0.3, -0.25) is 4.79 Å². The molecule has 0 radical (unpaired) electrons. The molecule has 0 aromatic rings. The number of aliphatic hydroxyl groups is 1. The van der Waals surface area contributed by atoms with Gasteiger partial charge < -0.3 is 20.5 Å². The van der Waals surface area contributed by atoms with Crippen molar-refractivity contribution in [1.29, 1.82) is 0 Å². The lowest BCUT2D eigenvalue weighted by atomic mass is 10.0. The lowest BCUT2D eigenvalue weighted by molar-refractivity contribution is -0.123. The second-order valence-corrected chi connectivity index (χ2v) is 5.33. The molecule has 0 saturated carbocycles. The smallest absolute Gasteiger partial charge is 0.237 e. The van der Waals surface area contributed by atoms with Gasteiger partial charge >= 0.3 is 0 Å².